The van der Waals surface area contributed by atoms with Crippen LogP contribution >= 0.6 is 0 Å². The fourth-order valence-electron chi connectivity index (χ4n) is 3.56. The number of hydrogen-bond donors (Lipinski definition) is 2. The topological polar surface area (TPSA) is 74.4 Å². The monoisotopic (exact) mass is 417 g/mol. The Balaban J connectivity index is 1.47. The molecule has 2 amide bonds. The van der Waals surface area contributed by atoms with Gasteiger partial charge in [0.2, 0.25) is 5.91 Å². The number of carbonyl (C=O) groups excluding carboxylic acids is 2. The van der Waals surface area contributed by atoms with E-state index < -0.39 is 18.3 Å². The number of anilines is 1. The number of aromatic nitrogens is 1. The fraction of sp³-hybridized carbons (Fsp3) is 0.238. The highest BCUT2D eigenvalue weighted by atomic mass is 19.4. The number of ether oxygens (including phenoxy) is 1. The quantitative estimate of drug-likeness (QED) is 0.679. The van der Waals surface area contributed by atoms with Crippen molar-refractivity contribution in [2.24, 2.45) is 0 Å². The molecule has 0 aliphatic carbocycles. The zero-order chi connectivity index (χ0) is 21.5. The molecule has 1 aromatic heterocycles. The summed E-state index contributed by atoms with van der Waals surface area (Å²) in [6, 6.07) is 12.1. The normalized spacial score (nSPS) is 14.5. The number of hydrogen-bond acceptors (Lipinski definition) is 3. The van der Waals surface area contributed by atoms with Gasteiger partial charge in [-0.3, -0.25) is 9.59 Å². The highest BCUT2D eigenvalue weighted by Gasteiger charge is 2.31. The minimum Gasteiger partial charge on any atom is -0.406 e. The van der Waals surface area contributed by atoms with Gasteiger partial charge in [0, 0.05) is 29.2 Å². The number of alkyl halides is 3. The Morgan fingerprint density at radius 3 is 2.70 bits per heavy atom. The first-order valence-corrected chi connectivity index (χ1v) is 9.30. The highest BCUT2D eigenvalue weighted by molar-refractivity contribution is 6.04. The standard InChI is InChI=1S/C21H18F3N3O3/c1-12(20(29)27-9-8-13-4-2-3-5-18(13)27)25-19(28)17-10-14-6-7-15(11-16(14)26-17)30-21(22,23)24/h2-7,10-12,26H,8-9H2,1H3,(H,25,28). The summed E-state index contributed by atoms with van der Waals surface area (Å²) in [5, 5.41) is 3.19. The molecule has 0 saturated heterocycles. The summed E-state index contributed by atoms with van der Waals surface area (Å²) in [6.45, 7) is 2.14. The van der Waals surface area contributed by atoms with E-state index in [0.717, 1.165) is 23.7 Å². The van der Waals surface area contributed by atoms with Gasteiger partial charge in [0.25, 0.3) is 5.91 Å². The summed E-state index contributed by atoms with van der Waals surface area (Å²) >= 11 is 0. The van der Waals surface area contributed by atoms with Gasteiger partial charge in [0.15, 0.2) is 0 Å². The molecule has 9 heteroatoms. The molecule has 2 aromatic carbocycles. The van der Waals surface area contributed by atoms with Crippen LogP contribution in [0.1, 0.15) is 23.0 Å². The van der Waals surface area contributed by atoms with Crippen molar-refractivity contribution < 1.29 is 27.5 Å². The Bertz CT molecular complexity index is 1120. The van der Waals surface area contributed by atoms with E-state index in [-0.39, 0.29) is 17.4 Å². The summed E-state index contributed by atoms with van der Waals surface area (Å²) in [4.78, 5) is 29.8. The molecular formula is C21H18F3N3O3. The zero-order valence-electron chi connectivity index (χ0n) is 15.9. The Labute approximate surface area is 169 Å². The van der Waals surface area contributed by atoms with Gasteiger partial charge >= 0.3 is 6.36 Å². The third-order valence-corrected chi connectivity index (χ3v) is 4.94. The van der Waals surface area contributed by atoms with Crippen LogP contribution in [0.4, 0.5) is 18.9 Å². The van der Waals surface area contributed by atoms with Crippen LogP contribution in [0.5, 0.6) is 5.75 Å². The fourth-order valence-corrected chi connectivity index (χ4v) is 3.56. The van der Waals surface area contributed by atoms with E-state index in [4.69, 9.17) is 0 Å². The molecule has 30 heavy (non-hydrogen) atoms. The molecule has 0 saturated carbocycles. The molecule has 6 nitrogen and oxygen atoms in total. The van der Waals surface area contributed by atoms with Gasteiger partial charge in [0.05, 0.1) is 0 Å². The number of amides is 2. The molecule has 2 N–H and O–H groups in total. The molecule has 1 atom stereocenters. The van der Waals surface area contributed by atoms with Gasteiger partial charge in [0.1, 0.15) is 17.5 Å². The number of aromatic amines is 1. The van der Waals surface area contributed by atoms with E-state index in [1.165, 1.54) is 18.2 Å². The van der Waals surface area contributed by atoms with E-state index in [2.05, 4.69) is 15.0 Å². The molecule has 0 bridgehead atoms. The Hall–Kier alpha value is -3.49. The molecule has 4 rings (SSSR count). The average Bonchev–Trinajstić information content (AvgIpc) is 3.30. The highest BCUT2D eigenvalue weighted by Crippen LogP contribution is 2.28. The van der Waals surface area contributed by atoms with Gasteiger partial charge in [-0.15, -0.1) is 13.2 Å². The predicted molar refractivity (Wildman–Crippen MR) is 104 cm³/mol. The van der Waals surface area contributed by atoms with Crippen LogP contribution in [-0.2, 0) is 11.2 Å². The lowest BCUT2D eigenvalue weighted by Crippen LogP contribution is -2.46. The summed E-state index contributed by atoms with van der Waals surface area (Å²) in [5.41, 5.74) is 2.37. The van der Waals surface area contributed by atoms with Crippen molar-refractivity contribution in [1.82, 2.24) is 10.3 Å². The molecule has 1 aliphatic heterocycles. The van der Waals surface area contributed by atoms with E-state index in [1.54, 1.807) is 11.8 Å². The lowest BCUT2D eigenvalue weighted by atomic mass is 10.2. The molecule has 1 unspecified atom stereocenters. The number of nitrogens with zero attached hydrogens (tertiary/aromatic N) is 1. The molecule has 156 valence electrons. The van der Waals surface area contributed by atoms with E-state index in [9.17, 15) is 22.8 Å². The minimum atomic E-state index is -4.80. The number of H-pyrrole nitrogens is 1. The van der Waals surface area contributed by atoms with Gasteiger partial charge in [-0.05, 0) is 43.2 Å². The molecule has 2 heterocycles. The molecule has 0 radical (unpaired) electrons. The van der Waals surface area contributed by atoms with Gasteiger partial charge in [-0.2, -0.15) is 0 Å². The van der Waals surface area contributed by atoms with Crippen LogP contribution < -0.4 is 15.0 Å². The number of para-hydroxylation sites is 1. The summed E-state index contributed by atoms with van der Waals surface area (Å²) in [6.07, 6.45) is -4.04. The minimum absolute atomic E-state index is 0.135. The number of halogens is 3. The number of carbonyl (C=O) groups is 2. The summed E-state index contributed by atoms with van der Waals surface area (Å²) in [5.74, 6) is -1.15. The molecular weight excluding hydrogens is 399 g/mol. The maximum atomic E-state index is 12.8. The van der Waals surface area contributed by atoms with Crippen molar-refractivity contribution in [3.8, 4) is 5.75 Å². The third-order valence-electron chi connectivity index (χ3n) is 4.94. The smallest absolute Gasteiger partial charge is 0.406 e. The van der Waals surface area contributed by atoms with Crippen molar-refractivity contribution in [1.29, 1.82) is 0 Å². The largest absolute Gasteiger partial charge is 0.573 e. The second kappa shape index (κ2) is 7.40. The Kier molecular flexibility index (Phi) is 4.89. The molecule has 1 aliphatic rings. The SMILES string of the molecule is CC(NC(=O)c1cc2ccc(OC(F)(F)F)cc2[nH]1)C(=O)N1CCc2ccccc21. The molecule has 0 spiro atoms. The Morgan fingerprint density at radius 2 is 1.93 bits per heavy atom. The first-order chi connectivity index (χ1) is 14.2. The van der Waals surface area contributed by atoms with Crippen molar-refractivity contribution in [3.63, 3.8) is 0 Å². The van der Waals surface area contributed by atoms with Crippen LogP contribution in [0, 0.1) is 0 Å². The van der Waals surface area contributed by atoms with E-state index >= 15 is 0 Å². The number of rotatable bonds is 4. The third kappa shape index (κ3) is 3.96. The van der Waals surface area contributed by atoms with Crippen LogP contribution in [-0.4, -0.2) is 35.7 Å². The predicted octanol–water partition coefficient (Wildman–Crippen LogP) is 3.77. The number of fused-ring (bicyclic) bond motifs is 2. The maximum absolute atomic E-state index is 12.8. The first kappa shape index (κ1) is 19.8. The Morgan fingerprint density at radius 1 is 1.17 bits per heavy atom. The van der Waals surface area contributed by atoms with E-state index in [0.29, 0.717) is 17.4 Å². The van der Waals surface area contributed by atoms with Crippen LogP contribution in [0.2, 0.25) is 0 Å². The van der Waals surface area contributed by atoms with Crippen molar-refractivity contribution >= 4 is 28.4 Å². The van der Waals surface area contributed by atoms with E-state index in [1.807, 2.05) is 24.3 Å². The molecule has 0 fully saturated rings. The average molecular weight is 417 g/mol. The van der Waals surface area contributed by atoms with Crippen molar-refractivity contribution in [3.05, 3.63) is 59.8 Å². The van der Waals surface area contributed by atoms with Crippen molar-refractivity contribution in [2.45, 2.75) is 25.7 Å². The van der Waals surface area contributed by atoms with Crippen LogP contribution in [0.15, 0.2) is 48.5 Å². The first-order valence-electron chi connectivity index (χ1n) is 9.30. The lowest BCUT2D eigenvalue weighted by molar-refractivity contribution is -0.274. The second-order valence-electron chi connectivity index (χ2n) is 7.04. The van der Waals surface area contributed by atoms with Gasteiger partial charge in [-0.25, -0.2) is 0 Å². The maximum Gasteiger partial charge on any atom is 0.573 e. The summed E-state index contributed by atoms with van der Waals surface area (Å²) in [7, 11) is 0. The van der Waals surface area contributed by atoms with Crippen LogP contribution in [0.25, 0.3) is 10.9 Å². The summed E-state index contributed by atoms with van der Waals surface area (Å²) < 4.78 is 41.0. The number of nitrogens with one attached hydrogen (secondary N) is 2. The van der Waals surface area contributed by atoms with Crippen molar-refractivity contribution in [2.75, 3.05) is 11.4 Å². The van der Waals surface area contributed by atoms with Crippen LogP contribution in [0.3, 0.4) is 0 Å². The number of benzene rings is 2. The lowest BCUT2D eigenvalue weighted by Gasteiger charge is -2.22. The zero-order valence-corrected chi connectivity index (χ0v) is 15.9. The second-order valence-corrected chi connectivity index (χ2v) is 7.04. The van der Waals surface area contributed by atoms with Gasteiger partial charge in [-0.1, -0.05) is 18.2 Å². The van der Waals surface area contributed by atoms with Gasteiger partial charge < -0.3 is 19.9 Å². The molecule has 3 aromatic rings.